The Hall–Kier alpha value is -1.18. The number of hydrogen-bond donors (Lipinski definition) is 1. The molecule has 0 amide bonds. The van der Waals surface area contributed by atoms with E-state index < -0.39 is 5.97 Å². The lowest BCUT2D eigenvalue weighted by molar-refractivity contribution is 0.0600. The van der Waals surface area contributed by atoms with Crippen LogP contribution >= 0.6 is 24.2 Å². The smallest absolute Gasteiger partial charge is 0.339 e. The van der Waals surface area contributed by atoms with E-state index in [0.717, 1.165) is 0 Å². The predicted molar refractivity (Wildman–Crippen MR) is 59.3 cm³/mol. The molecule has 1 aromatic carbocycles. The van der Waals surface area contributed by atoms with Crippen molar-refractivity contribution >= 4 is 30.2 Å². The Kier molecular flexibility index (Phi) is 4.01. The fourth-order valence-electron chi connectivity index (χ4n) is 1.11. The number of methoxy groups -OCH3 is 1. The highest BCUT2D eigenvalue weighted by Crippen LogP contribution is 2.22. The minimum absolute atomic E-state index is 0.216. The third-order valence-electron chi connectivity index (χ3n) is 1.89. The van der Waals surface area contributed by atoms with E-state index in [1.54, 1.807) is 0 Å². The number of hydrogen-bond acceptors (Lipinski definition) is 4. The molecule has 15 heavy (non-hydrogen) atoms. The van der Waals surface area contributed by atoms with Crippen LogP contribution in [0.25, 0.3) is 0 Å². The number of esters is 1. The fraction of sp³-hybridized carbons (Fsp3) is 0.200. The average Bonchev–Trinajstić information content (AvgIpc) is 2.27. The second kappa shape index (κ2) is 5.06. The number of benzene rings is 1. The summed E-state index contributed by atoms with van der Waals surface area (Å²) in [4.78, 5) is 11.9. The van der Waals surface area contributed by atoms with E-state index in [2.05, 4.69) is 17.4 Å². The Balaban J connectivity index is 3.37. The van der Waals surface area contributed by atoms with Crippen LogP contribution in [0, 0.1) is 11.3 Å². The summed E-state index contributed by atoms with van der Waals surface area (Å²) in [5.74, 6) is -0.319. The van der Waals surface area contributed by atoms with Crippen LogP contribution in [0.4, 0.5) is 0 Å². The number of carbonyl (C=O) groups is 1. The lowest BCUT2D eigenvalue weighted by Gasteiger charge is -2.06. The van der Waals surface area contributed by atoms with Crippen molar-refractivity contribution in [2.45, 2.75) is 10.8 Å². The summed E-state index contributed by atoms with van der Waals surface area (Å²) in [5, 5.41) is 8.83. The van der Waals surface area contributed by atoms with Crippen LogP contribution in [-0.4, -0.2) is 13.1 Å². The number of nitrogens with zero attached hydrogens (tertiary/aromatic N) is 1. The summed E-state index contributed by atoms with van der Waals surface area (Å²) in [6.45, 7) is 0. The molecule has 0 spiro atoms. The van der Waals surface area contributed by atoms with Gasteiger partial charge in [0, 0.05) is 10.8 Å². The van der Waals surface area contributed by atoms with Gasteiger partial charge in [-0.05, 0) is 17.7 Å². The summed E-state index contributed by atoms with van der Waals surface area (Å²) in [6.07, 6.45) is 0. The van der Waals surface area contributed by atoms with Gasteiger partial charge in [0.1, 0.15) is 6.07 Å². The standard InChI is InChI=1S/C10H8ClNO2S/c1-14-10(13)8-2-6(4-11)9(15)3-7(8)5-12/h2-3,15H,4H2,1H3. The average molecular weight is 242 g/mol. The first-order valence-electron chi connectivity index (χ1n) is 4.04. The molecule has 0 aliphatic carbocycles. The van der Waals surface area contributed by atoms with Gasteiger partial charge in [0.2, 0.25) is 0 Å². The maximum absolute atomic E-state index is 11.3. The van der Waals surface area contributed by atoms with Crippen LogP contribution in [0.2, 0.25) is 0 Å². The molecule has 78 valence electrons. The lowest BCUT2D eigenvalue weighted by atomic mass is 10.1. The van der Waals surface area contributed by atoms with Gasteiger partial charge in [0.25, 0.3) is 0 Å². The largest absolute Gasteiger partial charge is 0.465 e. The van der Waals surface area contributed by atoms with Crippen LogP contribution in [0.1, 0.15) is 21.5 Å². The van der Waals surface area contributed by atoms with E-state index in [1.807, 2.05) is 6.07 Å². The van der Waals surface area contributed by atoms with E-state index >= 15 is 0 Å². The number of rotatable bonds is 2. The van der Waals surface area contributed by atoms with Crippen molar-refractivity contribution in [3.05, 3.63) is 28.8 Å². The second-order valence-electron chi connectivity index (χ2n) is 2.76. The monoisotopic (exact) mass is 241 g/mol. The first-order chi connectivity index (χ1) is 7.13. The summed E-state index contributed by atoms with van der Waals surface area (Å²) in [7, 11) is 1.26. The molecule has 1 aromatic rings. The minimum Gasteiger partial charge on any atom is -0.465 e. The molecule has 0 saturated heterocycles. The van der Waals surface area contributed by atoms with Gasteiger partial charge in [-0.3, -0.25) is 0 Å². The Labute approximate surface area is 98.0 Å². The number of carbonyl (C=O) groups excluding carboxylic acids is 1. The molecule has 0 atom stereocenters. The molecule has 0 bridgehead atoms. The Bertz CT molecular complexity index is 440. The molecular weight excluding hydrogens is 234 g/mol. The van der Waals surface area contributed by atoms with Crippen LogP contribution in [0.15, 0.2) is 17.0 Å². The molecule has 1 rings (SSSR count). The van der Waals surface area contributed by atoms with E-state index in [9.17, 15) is 4.79 Å². The molecule has 3 nitrogen and oxygen atoms in total. The van der Waals surface area contributed by atoms with E-state index in [4.69, 9.17) is 16.9 Å². The summed E-state index contributed by atoms with van der Waals surface area (Å²) in [6, 6.07) is 4.94. The summed E-state index contributed by atoms with van der Waals surface area (Å²) in [5.41, 5.74) is 1.15. The van der Waals surface area contributed by atoms with Gasteiger partial charge in [0.05, 0.1) is 18.2 Å². The molecule has 5 heteroatoms. The van der Waals surface area contributed by atoms with E-state index in [1.165, 1.54) is 19.2 Å². The van der Waals surface area contributed by atoms with Crippen LogP contribution in [0.3, 0.4) is 0 Å². The lowest BCUT2D eigenvalue weighted by Crippen LogP contribution is -2.05. The number of thiol groups is 1. The van der Waals surface area contributed by atoms with E-state index in [-0.39, 0.29) is 17.0 Å². The molecule has 0 heterocycles. The highest BCUT2D eigenvalue weighted by atomic mass is 35.5. The SMILES string of the molecule is COC(=O)c1cc(CCl)c(S)cc1C#N. The maximum Gasteiger partial charge on any atom is 0.339 e. The molecule has 0 N–H and O–H groups in total. The van der Waals surface area contributed by atoms with E-state index in [0.29, 0.717) is 10.5 Å². The van der Waals surface area contributed by atoms with Gasteiger partial charge < -0.3 is 4.74 Å². The van der Waals surface area contributed by atoms with Crippen molar-refractivity contribution in [2.75, 3.05) is 7.11 Å². The fourth-order valence-corrected chi connectivity index (χ4v) is 1.70. The zero-order chi connectivity index (χ0) is 11.4. The van der Waals surface area contributed by atoms with Crippen molar-refractivity contribution in [1.29, 1.82) is 5.26 Å². The minimum atomic E-state index is -0.550. The Morgan fingerprint density at radius 3 is 2.80 bits per heavy atom. The zero-order valence-corrected chi connectivity index (χ0v) is 9.60. The maximum atomic E-state index is 11.3. The third-order valence-corrected chi connectivity index (χ3v) is 2.59. The van der Waals surface area contributed by atoms with Gasteiger partial charge in [-0.25, -0.2) is 4.79 Å². The number of ether oxygens (including phenoxy) is 1. The normalized spacial score (nSPS) is 9.47. The Morgan fingerprint density at radius 2 is 2.33 bits per heavy atom. The molecule has 0 aliphatic rings. The van der Waals surface area contributed by atoms with Crippen LogP contribution < -0.4 is 0 Å². The molecule has 0 saturated carbocycles. The van der Waals surface area contributed by atoms with Crippen LogP contribution in [-0.2, 0) is 10.6 Å². The molecule has 0 aromatic heterocycles. The van der Waals surface area contributed by atoms with Crippen molar-refractivity contribution in [1.82, 2.24) is 0 Å². The highest BCUT2D eigenvalue weighted by molar-refractivity contribution is 7.80. The van der Waals surface area contributed by atoms with Crippen molar-refractivity contribution in [2.24, 2.45) is 0 Å². The first kappa shape index (κ1) is 11.9. The molecule has 0 radical (unpaired) electrons. The number of alkyl halides is 1. The van der Waals surface area contributed by atoms with Gasteiger partial charge >= 0.3 is 5.97 Å². The quantitative estimate of drug-likeness (QED) is 0.491. The first-order valence-corrected chi connectivity index (χ1v) is 5.02. The highest BCUT2D eigenvalue weighted by Gasteiger charge is 2.14. The van der Waals surface area contributed by atoms with Gasteiger partial charge in [-0.2, -0.15) is 5.26 Å². The Morgan fingerprint density at radius 1 is 1.67 bits per heavy atom. The molecule has 0 unspecified atom stereocenters. The second-order valence-corrected chi connectivity index (χ2v) is 3.51. The van der Waals surface area contributed by atoms with Gasteiger partial charge in [-0.15, -0.1) is 24.2 Å². The van der Waals surface area contributed by atoms with Crippen molar-refractivity contribution < 1.29 is 9.53 Å². The number of halogens is 1. The van der Waals surface area contributed by atoms with Gasteiger partial charge in [0.15, 0.2) is 0 Å². The van der Waals surface area contributed by atoms with Crippen LogP contribution in [0.5, 0.6) is 0 Å². The molecular formula is C10H8ClNO2S. The van der Waals surface area contributed by atoms with Gasteiger partial charge in [-0.1, -0.05) is 0 Å². The zero-order valence-electron chi connectivity index (χ0n) is 7.95. The number of nitriles is 1. The predicted octanol–water partition coefficient (Wildman–Crippen LogP) is 2.37. The third kappa shape index (κ3) is 2.44. The van der Waals surface area contributed by atoms with Crippen molar-refractivity contribution in [3.63, 3.8) is 0 Å². The summed E-state index contributed by atoms with van der Waals surface area (Å²) >= 11 is 9.82. The van der Waals surface area contributed by atoms with Crippen molar-refractivity contribution in [3.8, 4) is 6.07 Å². The molecule has 0 fully saturated rings. The summed E-state index contributed by atoms with van der Waals surface area (Å²) < 4.78 is 4.56. The topological polar surface area (TPSA) is 50.1 Å². The molecule has 0 aliphatic heterocycles.